The molecular weight excluding hydrogens is 604 g/mol. The van der Waals surface area contributed by atoms with Crippen LogP contribution in [0.3, 0.4) is 0 Å². The first-order chi connectivity index (χ1) is 21.6. The van der Waals surface area contributed by atoms with Crippen molar-refractivity contribution < 1.29 is 59.4 Å². The number of hydrogen-bond acceptors (Lipinski definition) is 9. The number of rotatable bonds is 15. The second-order valence-electron chi connectivity index (χ2n) is 10.7. The first kappa shape index (κ1) is 34.9. The van der Waals surface area contributed by atoms with E-state index in [1.54, 1.807) is 19.1 Å². The first-order valence-corrected chi connectivity index (χ1v) is 13.7. The standard InChI is InChI=1S/C32H32N2O12/c1-17-7-19(9-21(30(17)43)11-33(13-25(35)36)14-26(37)38)29(23-5-3-4-6-24(23)32(45)46)20-8-18(2)31(44)22(10-20)12-34(15-27(39)40)16-28(41)42/h3-10,43H,11-16H2,1-2H3,(H,35,36)(H,37,38)(H,39,40)(H,41,42)(H,45,46)/b29-20+. The molecule has 0 spiro atoms. The minimum atomic E-state index is -1.31. The Labute approximate surface area is 262 Å². The van der Waals surface area contributed by atoms with Crippen LogP contribution in [0, 0.1) is 6.92 Å². The minimum Gasteiger partial charge on any atom is -0.507 e. The lowest BCUT2D eigenvalue weighted by Gasteiger charge is -2.24. The molecule has 14 nitrogen and oxygen atoms in total. The van der Waals surface area contributed by atoms with Crippen LogP contribution in [0.25, 0.3) is 5.57 Å². The summed E-state index contributed by atoms with van der Waals surface area (Å²) in [5.41, 5.74) is 1.71. The van der Waals surface area contributed by atoms with Crippen LogP contribution < -0.4 is 0 Å². The summed E-state index contributed by atoms with van der Waals surface area (Å²) >= 11 is 0. The summed E-state index contributed by atoms with van der Waals surface area (Å²) in [6.07, 6.45) is 2.92. The van der Waals surface area contributed by atoms with E-state index in [4.69, 9.17) is 0 Å². The van der Waals surface area contributed by atoms with Crippen molar-refractivity contribution in [1.82, 2.24) is 9.80 Å². The number of Topliss-reactive ketones (excluding diaryl/α,β-unsaturated/α-hetero) is 1. The van der Waals surface area contributed by atoms with Crippen LogP contribution in [0.2, 0.25) is 0 Å². The molecule has 0 aliphatic heterocycles. The monoisotopic (exact) mass is 636 g/mol. The number of carbonyl (C=O) groups is 6. The Hall–Kier alpha value is -5.60. The maximum atomic E-state index is 13.2. The molecule has 6 N–H and O–H groups in total. The molecule has 0 heterocycles. The summed E-state index contributed by atoms with van der Waals surface area (Å²) in [5.74, 6) is -7.19. The first-order valence-electron chi connectivity index (χ1n) is 13.7. The van der Waals surface area contributed by atoms with Crippen LogP contribution in [0.4, 0.5) is 0 Å². The molecule has 0 amide bonds. The van der Waals surface area contributed by atoms with Crippen molar-refractivity contribution in [2.24, 2.45) is 0 Å². The number of phenols is 1. The molecule has 0 atom stereocenters. The predicted molar refractivity (Wildman–Crippen MR) is 161 cm³/mol. The zero-order valence-corrected chi connectivity index (χ0v) is 24.9. The van der Waals surface area contributed by atoms with E-state index in [9.17, 15) is 59.4 Å². The van der Waals surface area contributed by atoms with E-state index in [-0.39, 0.29) is 52.2 Å². The van der Waals surface area contributed by atoms with Crippen molar-refractivity contribution in [3.8, 4) is 5.75 Å². The number of aliphatic carboxylic acids is 4. The zero-order chi connectivity index (χ0) is 34.3. The molecule has 1 aliphatic carbocycles. The topological polar surface area (TPSA) is 230 Å². The fourth-order valence-electron chi connectivity index (χ4n) is 5.17. The summed E-state index contributed by atoms with van der Waals surface area (Å²) in [7, 11) is 0. The number of carboxylic acid groups (broad SMARTS) is 5. The van der Waals surface area contributed by atoms with Gasteiger partial charge in [0.1, 0.15) is 5.75 Å². The highest BCUT2D eigenvalue weighted by Crippen LogP contribution is 2.37. The Balaban J connectivity index is 2.34. The van der Waals surface area contributed by atoms with Crippen molar-refractivity contribution in [2.75, 3.05) is 32.7 Å². The number of hydrogen-bond donors (Lipinski definition) is 6. The second-order valence-corrected chi connectivity index (χ2v) is 10.7. The molecule has 0 fully saturated rings. The number of benzene rings is 2. The van der Waals surface area contributed by atoms with Crippen LogP contribution in [-0.2, 0) is 30.5 Å². The molecule has 46 heavy (non-hydrogen) atoms. The minimum absolute atomic E-state index is 0.0487. The Morgan fingerprint density at radius 2 is 1.20 bits per heavy atom. The summed E-state index contributed by atoms with van der Waals surface area (Å²) in [5, 5.41) is 58.1. The van der Waals surface area contributed by atoms with E-state index >= 15 is 0 Å². The van der Waals surface area contributed by atoms with E-state index in [2.05, 4.69) is 0 Å². The Morgan fingerprint density at radius 3 is 1.70 bits per heavy atom. The maximum absolute atomic E-state index is 13.2. The molecule has 0 aromatic heterocycles. The highest BCUT2D eigenvalue weighted by atomic mass is 16.4. The molecule has 2 aromatic carbocycles. The zero-order valence-electron chi connectivity index (χ0n) is 24.9. The van der Waals surface area contributed by atoms with Gasteiger partial charge in [0, 0.05) is 24.2 Å². The summed E-state index contributed by atoms with van der Waals surface area (Å²) < 4.78 is 0. The molecule has 0 bridgehead atoms. The lowest BCUT2D eigenvalue weighted by atomic mass is 9.84. The maximum Gasteiger partial charge on any atom is 0.336 e. The lowest BCUT2D eigenvalue weighted by Crippen LogP contribution is -2.37. The normalized spacial score (nSPS) is 14.1. The molecule has 0 saturated heterocycles. The second kappa shape index (κ2) is 14.9. The fourth-order valence-corrected chi connectivity index (χ4v) is 5.17. The average Bonchev–Trinajstić information content (AvgIpc) is 2.93. The van der Waals surface area contributed by atoms with E-state index in [1.807, 2.05) is 0 Å². The third-order valence-electron chi connectivity index (χ3n) is 6.96. The van der Waals surface area contributed by atoms with Crippen molar-refractivity contribution in [3.05, 3.63) is 93.1 Å². The van der Waals surface area contributed by atoms with Gasteiger partial charge in [-0.25, -0.2) is 4.79 Å². The molecule has 0 radical (unpaired) electrons. The Morgan fingerprint density at radius 1 is 0.696 bits per heavy atom. The van der Waals surface area contributed by atoms with Gasteiger partial charge in [-0.1, -0.05) is 18.2 Å². The molecule has 0 unspecified atom stereocenters. The quantitative estimate of drug-likeness (QED) is 0.164. The molecule has 2 aromatic rings. The van der Waals surface area contributed by atoms with Gasteiger partial charge in [0.05, 0.1) is 31.7 Å². The van der Waals surface area contributed by atoms with Crippen LogP contribution in [-0.4, -0.2) is 109 Å². The number of carboxylic acids is 5. The number of ketones is 1. The van der Waals surface area contributed by atoms with Gasteiger partial charge in [0.2, 0.25) is 0 Å². The number of nitrogens with zero attached hydrogens (tertiary/aromatic N) is 2. The van der Waals surface area contributed by atoms with Crippen LogP contribution in [0.15, 0.2) is 65.3 Å². The molecule has 1 aliphatic rings. The van der Waals surface area contributed by atoms with Gasteiger partial charge in [-0.3, -0.25) is 33.8 Å². The summed E-state index contributed by atoms with van der Waals surface area (Å²) in [4.78, 5) is 73.3. The smallest absolute Gasteiger partial charge is 0.336 e. The van der Waals surface area contributed by atoms with E-state index < -0.39 is 61.8 Å². The Bertz CT molecular complexity index is 1670. The lowest BCUT2D eigenvalue weighted by molar-refractivity contribution is -0.143. The van der Waals surface area contributed by atoms with Gasteiger partial charge >= 0.3 is 29.8 Å². The van der Waals surface area contributed by atoms with Crippen molar-refractivity contribution in [1.29, 1.82) is 0 Å². The Kier molecular flexibility index (Phi) is 11.3. The SMILES string of the molecule is CC1=C/C(=C(/c2cc(C)c(O)c(CN(CC(=O)O)CC(=O)O)c2)c2ccccc2C(=O)O)C=C(CN(CC(=O)O)CC(=O)O)C1=O. The van der Waals surface area contributed by atoms with Gasteiger partial charge < -0.3 is 30.6 Å². The van der Waals surface area contributed by atoms with Crippen molar-refractivity contribution in [2.45, 2.75) is 20.4 Å². The third-order valence-corrected chi connectivity index (χ3v) is 6.96. The van der Waals surface area contributed by atoms with Gasteiger partial charge in [-0.15, -0.1) is 0 Å². The highest BCUT2D eigenvalue weighted by molar-refractivity contribution is 6.11. The van der Waals surface area contributed by atoms with Gasteiger partial charge in [0.15, 0.2) is 5.78 Å². The van der Waals surface area contributed by atoms with Crippen LogP contribution in [0.1, 0.15) is 39.5 Å². The van der Waals surface area contributed by atoms with Gasteiger partial charge in [-0.05, 0) is 77.6 Å². The van der Waals surface area contributed by atoms with E-state index in [1.165, 1.54) is 43.3 Å². The summed E-state index contributed by atoms with van der Waals surface area (Å²) in [6, 6.07) is 9.02. The number of aryl methyl sites for hydroxylation is 1. The van der Waals surface area contributed by atoms with E-state index in [0.717, 1.165) is 9.80 Å². The highest BCUT2D eigenvalue weighted by Gasteiger charge is 2.26. The number of aromatic carboxylic acids is 1. The van der Waals surface area contributed by atoms with Crippen LogP contribution in [0.5, 0.6) is 5.75 Å². The number of aromatic hydroxyl groups is 1. The van der Waals surface area contributed by atoms with Gasteiger partial charge in [-0.2, -0.15) is 0 Å². The van der Waals surface area contributed by atoms with Gasteiger partial charge in [0.25, 0.3) is 0 Å². The molecule has 14 heteroatoms. The third kappa shape index (κ3) is 8.97. The average molecular weight is 637 g/mol. The predicted octanol–water partition coefficient (Wildman–Crippen LogP) is 2.10. The van der Waals surface area contributed by atoms with Crippen molar-refractivity contribution in [3.63, 3.8) is 0 Å². The molecule has 3 rings (SSSR count). The number of allylic oxidation sites excluding steroid dienone is 4. The molecule has 242 valence electrons. The largest absolute Gasteiger partial charge is 0.507 e. The van der Waals surface area contributed by atoms with Crippen molar-refractivity contribution >= 4 is 41.2 Å². The fraction of sp³-hybridized carbons (Fsp3) is 0.250. The molecular formula is C32H32N2O12. The molecule has 0 saturated carbocycles. The summed E-state index contributed by atoms with van der Waals surface area (Å²) in [6.45, 7) is -0.232. The number of carbonyl (C=O) groups excluding carboxylic acids is 1. The van der Waals surface area contributed by atoms with Crippen LogP contribution >= 0.6 is 0 Å². The number of phenolic OH excluding ortho intramolecular Hbond substituents is 1. The van der Waals surface area contributed by atoms with E-state index in [0.29, 0.717) is 16.7 Å².